The van der Waals surface area contributed by atoms with Crippen LogP contribution in [0.25, 0.3) is 4.85 Å². The van der Waals surface area contributed by atoms with Crippen molar-refractivity contribution in [2.45, 2.75) is 38.4 Å². The summed E-state index contributed by atoms with van der Waals surface area (Å²) in [7, 11) is 0. The summed E-state index contributed by atoms with van der Waals surface area (Å²) in [5, 5.41) is 2.85. The molecule has 10 heteroatoms. The number of nitrogens with one attached hydrogen (secondary N) is 1. The maximum Gasteiger partial charge on any atom is 0.407 e. The van der Waals surface area contributed by atoms with Crippen LogP contribution in [-0.2, 0) is 22.3 Å². The summed E-state index contributed by atoms with van der Waals surface area (Å²) >= 11 is 0. The van der Waals surface area contributed by atoms with Gasteiger partial charge in [0.25, 0.3) is 0 Å². The van der Waals surface area contributed by atoms with Crippen molar-refractivity contribution in [1.82, 2.24) is 9.88 Å². The lowest BCUT2D eigenvalue weighted by Crippen LogP contribution is -2.38. The lowest BCUT2D eigenvalue weighted by atomic mass is 9.95. The number of piperidine rings is 2. The first-order valence-electron chi connectivity index (χ1n) is 12.0. The van der Waals surface area contributed by atoms with Crippen molar-refractivity contribution < 1.29 is 22.8 Å². The summed E-state index contributed by atoms with van der Waals surface area (Å²) < 4.78 is 39.9. The van der Waals surface area contributed by atoms with E-state index in [2.05, 4.69) is 20.0 Å². The molecule has 2 aliphatic heterocycles. The van der Waals surface area contributed by atoms with E-state index in [0.717, 1.165) is 50.4 Å². The summed E-state index contributed by atoms with van der Waals surface area (Å²) in [4.78, 5) is 35.1. The highest BCUT2D eigenvalue weighted by Crippen LogP contribution is 2.39. The Labute approximate surface area is 208 Å². The smallest absolute Gasteiger partial charge is 0.372 e. The van der Waals surface area contributed by atoms with Gasteiger partial charge >= 0.3 is 6.18 Å². The Balaban J connectivity index is 1.28. The first kappa shape index (κ1) is 25.6. The lowest BCUT2D eigenvalue weighted by molar-refractivity contribution is -0.136. The molecule has 0 bridgehead atoms. The van der Waals surface area contributed by atoms with E-state index in [1.165, 1.54) is 12.1 Å². The quantitative estimate of drug-likeness (QED) is 0.452. The second-order valence-electron chi connectivity index (χ2n) is 9.36. The molecule has 0 unspecified atom stereocenters. The van der Waals surface area contributed by atoms with E-state index in [1.807, 2.05) is 11.0 Å². The van der Waals surface area contributed by atoms with Crippen LogP contribution in [0.3, 0.4) is 0 Å². The second-order valence-corrected chi connectivity index (χ2v) is 9.36. The van der Waals surface area contributed by atoms with Crippen molar-refractivity contribution >= 4 is 29.4 Å². The van der Waals surface area contributed by atoms with Gasteiger partial charge in [-0.3, -0.25) is 9.69 Å². The highest BCUT2D eigenvalue weighted by Gasteiger charge is 2.34. The largest absolute Gasteiger partial charge is 0.407 e. The summed E-state index contributed by atoms with van der Waals surface area (Å²) in [5.41, 5.74) is 0.0888. The standard InChI is InChI=1S/C26H28F3N5O2/c1-30-23-4-3-21(14-22(23)26(27,28)29)34-12-8-20(9-13-34)25(36)32-24-5-2-19(15-31-24)16-33-10-6-18(17-35)7-11-33/h2-5,14-15,17-18,20H,6-13,16H2,(H,31,32,36). The number of benzene rings is 1. The molecule has 2 saturated heterocycles. The van der Waals surface area contributed by atoms with Gasteiger partial charge in [0.1, 0.15) is 12.1 Å². The van der Waals surface area contributed by atoms with Crippen LogP contribution in [0, 0.1) is 18.4 Å². The number of pyridine rings is 1. The highest BCUT2D eigenvalue weighted by atomic mass is 19.4. The molecule has 190 valence electrons. The van der Waals surface area contributed by atoms with Crippen molar-refractivity contribution in [2.24, 2.45) is 11.8 Å². The number of aromatic nitrogens is 1. The minimum absolute atomic E-state index is 0.148. The lowest BCUT2D eigenvalue weighted by Gasteiger charge is -2.33. The summed E-state index contributed by atoms with van der Waals surface area (Å²) in [6, 6.07) is 7.45. The molecule has 2 aromatic rings. The third-order valence-electron chi connectivity index (χ3n) is 6.94. The zero-order valence-corrected chi connectivity index (χ0v) is 19.8. The number of nitrogens with zero attached hydrogens (tertiary/aromatic N) is 4. The first-order valence-corrected chi connectivity index (χ1v) is 12.0. The minimum atomic E-state index is -4.59. The number of carbonyl (C=O) groups is 2. The predicted molar refractivity (Wildman–Crippen MR) is 130 cm³/mol. The van der Waals surface area contributed by atoms with Crippen molar-refractivity contribution in [1.29, 1.82) is 0 Å². The summed E-state index contributed by atoms with van der Waals surface area (Å²) in [5.74, 6) is 0.221. The van der Waals surface area contributed by atoms with Gasteiger partial charge in [-0.15, -0.1) is 0 Å². The Morgan fingerprint density at radius 3 is 2.42 bits per heavy atom. The van der Waals surface area contributed by atoms with Crippen LogP contribution in [0.15, 0.2) is 36.5 Å². The maximum atomic E-state index is 13.3. The molecule has 1 aromatic heterocycles. The number of anilines is 2. The molecule has 2 aliphatic rings. The zero-order chi connectivity index (χ0) is 25.7. The highest BCUT2D eigenvalue weighted by molar-refractivity contribution is 5.91. The topological polar surface area (TPSA) is 69.9 Å². The normalized spacial score (nSPS) is 18.0. The van der Waals surface area contributed by atoms with E-state index in [-0.39, 0.29) is 17.7 Å². The van der Waals surface area contributed by atoms with E-state index < -0.39 is 17.4 Å². The predicted octanol–water partition coefficient (Wildman–Crippen LogP) is 4.92. The first-order chi connectivity index (χ1) is 17.3. The Morgan fingerprint density at radius 1 is 1.11 bits per heavy atom. The van der Waals surface area contributed by atoms with Crippen LogP contribution in [0.5, 0.6) is 0 Å². The van der Waals surface area contributed by atoms with Gasteiger partial charge in [-0.25, -0.2) is 9.83 Å². The maximum absolute atomic E-state index is 13.3. The molecule has 1 amide bonds. The zero-order valence-electron chi connectivity index (χ0n) is 19.8. The van der Waals surface area contributed by atoms with Gasteiger partial charge in [0.15, 0.2) is 5.69 Å². The van der Waals surface area contributed by atoms with E-state index in [1.54, 1.807) is 12.3 Å². The molecule has 0 spiro atoms. The number of carbonyl (C=O) groups excluding carboxylic acids is 2. The fourth-order valence-corrected chi connectivity index (χ4v) is 4.77. The minimum Gasteiger partial charge on any atom is -0.372 e. The molecule has 4 rings (SSSR count). The third-order valence-corrected chi connectivity index (χ3v) is 6.94. The number of amides is 1. The molecule has 3 heterocycles. The Hall–Kier alpha value is -3.45. The molecule has 0 aliphatic carbocycles. The Kier molecular flexibility index (Phi) is 7.89. The van der Waals surface area contributed by atoms with Crippen LogP contribution < -0.4 is 10.2 Å². The van der Waals surface area contributed by atoms with E-state index in [0.29, 0.717) is 37.4 Å². The van der Waals surface area contributed by atoms with Gasteiger partial charge in [-0.2, -0.15) is 13.2 Å². The summed E-state index contributed by atoms with van der Waals surface area (Å²) in [6.45, 7) is 10.4. The van der Waals surface area contributed by atoms with Gasteiger partial charge in [0.2, 0.25) is 5.91 Å². The van der Waals surface area contributed by atoms with Crippen molar-refractivity contribution in [3.63, 3.8) is 0 Å². The molecule has 1 aromatic carbocycles. The number of aldehydes is 1. The van der Waals surface area contributed by atoms with Gasteiger partial charge in [-0.1, -0.05) is 12.1 Å². The molecular formula is C26H28F3N5O2. The molecule has 1 N–H and O–H groups in total. The van der Waals surface area contributed by atoms with Gasteiger partial charge in [0, 0.05) is 43.4 Å². The number of hydrogen-bond acceptors (Lipinski definition) is 5. The van der Waals surface area contributed by atoms with Crippen LogP contribution >= 0.6 is 0 Å². The van der Waals surface area contributed by atoms with Crippen molar-refractivity contribution in [3.8, 4) is 0 Å². The SMILES string of the molecule is [C-]#[N+]c1ccc(N2CCC(C(=O)Nc3ccc(CN4CCC(C=O)CC4)cn3)CC2)cc1C(F)(F)F. The molecule has 0 radical (unpaired) electrons. The number of rotatable bonds is 6. The number of hydrogen-bond donors (Lipinski definition) is 1. The molecule has 0 atom stereocenters. The number of alkyl halides is 3. The average molecular weight is 500 g/mol. The monoisotopic (exact) mass is 499 g/mol. The van der Waals surface area contributed by atoms with Gasteiger partial charge in [0.05, 0.1) is 12.1 Å². The van der Waals surface area contributed by atoms with E-state index in [9.17, 15) is 22.8 Å². The number of likely N-dealkylation sites (tertiary alicyclic amines) is 1. The van der Waals surface area contributed by atoms with Crippen LogP contribution in [0.1, 0.15) is 36.8 Å². The van der Waals surface area contributed by atoms with Crippen molar-refractivity contribution in [2.75, 3.05) is 36.4 Å². The molecule has 2 fully saturated rings. The van der Waals surface area contributed by atoms with E-state index in [4.69, 9.17) is 6.57 Å². The van der Waals surface area contributed by atoms with Crippen molar-refractivity contribution in [3.05, 3.63) is 59.1 Å². The molecular weight excluding hydrogens is 471 g/mol. The molecule has 7 nitrogen and oxygen atoms in total. The molecule has 0 saturated carbocycles. The number of halogens is 3. The van der Waals surface area contributed by atoms with Crippen LogP contribution in [-0.4, -0.2) is 48.3 Å². The van der Waals surface area contributed by atoms with Crippen LogP contribution in [0.2, 0.25) is 0 Å². The average Bonchev–Trinajstić information content (AvgIpc) is 2.89. The van der Waals surface area contributed by atoms with Gasteiger partial charge in [-0.05, 0) is 62.5 Å². The third kappa shape index (κ3) is 6.21. The van der Waals surface area contributed by atoms with Crippen LogP contribution in [0.4, 0.5) is 30.4 Å². The Morgan fingerprint density at radius 2 is 1.83 bits per heavy atom. The second kappa shape index (κ2) is 11.1. The van der Waals surface area contributed by atoms with Gasteiger partial charge < -0.3 is 15.0 Å². The molecule has 36 heavy (non-hydrogen) atoms. The Bertz CT molecular complexity index is 1110. The fraction of sp³-hybridized carbons (Fsp3) is 0.462. The fourth-order valence-electron chi connectivity index (χ4n) is 4.77. The summed E-state index contributed by atoms with van der Waals surface area (Å²) in [6.07, 6.45) is 0.954. The van der Waals surface area contributed by atoms with E-state index >= 15 is 0 Å².